The Bertz CT molecular complexity index is 596. The average molecular weight is 278 g/mol. The molecule has 0 aliphatic heterocycles. The number of aryl methyl sites for hydroxylation is 2. The summed E-state index contributed by atoms with van der Waals surface area (Å²) in [5.41, 5.74) is 4.14. The molecule has 0 spiro atoms. The average Bonchev–Trinajstić information content (AvgIpc) is 2.82. The first-order valence-corrected chi connectivity index (χ1v) is 7.42. The minimum absolute atomic E-state index is 0.626. The van der Waals surface area contributed by atoms with Crippen molar-refractivity contribution >= 4 is 27.4 Å². The van der Waals surface area contributed by atoms with Crippen LogP contribution in [-0.2, 0) is 24.0 Å². The van der Waals surface area contributed by atoms with Crippen molar-refractivity contribution in [3.05, 3.63) is 16.3 Å². The fourth-order valence-electron chi connectivity index (χ4n) is 2.61. The number of ether oxygens (including phenoxy) is 1. The number of methoxy groups -OCH3 is 1. The quantitative estimate of drug-likeness (QED) is 0.661. The number of nitrogen functional groups attached to an aromatic ring is 1. The lowest BCUT2D eigenvalue weighted by Gasteiger charge is -2.11. The Labute approximate surface area is 116 Å². The summed E-state index contributed by atoms with van der Waals surface area (Å²) in [7, 11) is 1.68. The number of aromatic nitrogens is 2. The molecule has 1 aliphatic rings. The SMILES string of the molecule is COCCc1nc(NN)c2c3c(sc2n1)CCCC3. The lowest BCUT2D eigenvalue weighted by atomic mass is 9.97. The first-order valence-electron chi connectivity index (χ1n) is 6.60. The number of thiophene rings is 1. The van der Waals surface area contributed by atoms with Gasteiger partial charge in [-0.2, -0.15) is 0 Å². The summed E-state index contributed by atoms with van der Waals surface area (Å²) in [4.78, 5) is 11.7. The molecule has 0 aromatic carbocycles. The third kappa shape index (κ3) is 2.31. The molecule has 5 nitrogen and oxygen atoms in total. The molecule has 0 atom stereocenters. The van der Waals surface area contributed by atoms with E-state index in [1.807, 2.05) is 0 Å². The van der Waals surface area contributed by atoms with Crippen LogP contribution in [0.15, 0.2) is 0 Å². The largest absolute Gasteiger partial charge is 0.384 e. The van der Waals surface area contributed by atoms with E-state index in [9.17, 15) is 0 Å². The summed E-state index contributed by atoms with van der Waals surface area (Å²) in [6.07, 6.45) is 5.51. The lowest BCUT2D eigenvalue weighted by Crippen LogP contribution is -2.12. The van der Waals surface area contributed by atoms with Crippen LogP contribution in [0.3, 0.4) is 0 Å². The van der Waals surface area contributed by atoms with Crippen molar-refractivity contribution in [2.24, 2.45) is 5.84 Å². The smallest absolute Gasteiger partial charge is 0.152 e. The van der Waals surface area contributed by atoms with Gasteiger partial charge in [0, 0.05) is 18.4 Å². The van der Waals surface area contributed by atoms with E-state index >= 15 is 0 Å². The highest BCUT2D eigenvalue weighted by Crippen LogP contribution is 2.38. The number of nitrogens with zero attached hydrogens (tertiary/aromatic N) is 2. The Morgan fingerprint density at radius 2 is 2.16 bits per heavy atom. The van der Waals surface area contributed by atoms with E-state index in [2.05, 4.69) is 15.4 Å². The van der Waals surface area contributed by atoms with Crippen LogP contribution in [0.25, 0.3) is 10.2 Å². The maximum Gasteiger partial charge on any atom is 0.152 e. The Balaban J connectivity index is 2.11. The van der Waals surface area contributed by atoms with Crippen molar-refractivity contribution in [2.75, 3.05) is 19.1 Å². The number of rotatable bonds is 4. The van der Waals surface area contributed by atoms with Crippen molar-refractivity contribution in [2.45, 2.75) is 32.1 Å². The van der Waals surface area contributed by atoms with Gasteiger partial charge in [0.25, 0.3) is 0 Å². The second kappa shape index (κ2) is 5.40. The van der Waals surface area contributed by atoms with Gasteiger partial charge in [-0.15, -0.1) is 11.3 Å². The molecule has 102 valence electrons. The van der Waals surface area contributed by atoms with Gasteiger partial charge in [0.2, 0.25) is 0 Å². The first kappa shape index (κ1) is 12.8. The Morgan fingerprint density at radius 3 is 2.95 bits per heavy atom. The fraction of sp³-hybridized carbons (Fsp3) is 0.538. The summed E-state index contributed by atoms with van der Waals surface area (Å²) in [5.74, 6) is 7.19. The topological polar surface area (TPSA) is 73.1 Å². The predicted molar refractivity (Wildman–Crippen MR) is 77.4 cm³/mol. The third-order valence-corrected chi connectivity index (χ3v) is 4.71. The first-order chi connectivity index (χ1) is 9.33. The molecule has 0 bridgehead atoms. The number of hydrogen-bond donors (Lipinski definition) is 2. The van der Waals surface area contributed by atoms with E-state index in [1.165, 1.54) is 23.3 Å². The second-order valence-electron chi connectivity index (χ2n) is 4.77. The number of anilines is 1. The molecule has 6 heteroatoms. The predicted octanol–water partition coefficient (Wildman–Crippen LogP) is 2.04. The number of nitrogens with one attached hydrogen (secondary N) is 1. The minimum atomic E-state index is 0.626. The summed E-state index contributed by atoms with van der Waals surface area (Å²) in [6, 6.07) is 0. The maximum absolute atomic E-state index is 5.64. The van der Waals surface area contributed by atoms with Crippen LogP contribution >= 0.6 is 11.3 Å². The summed E-state index contributed by atoms with van der Waals surface area (Å²) >= 11 is 1.79. The molecule has 0 amide bonds. The van der Waals surface area contributed by atoms with Gasteiger partial charge >= 0.3 is 0 Å². The number of nitrogens with two attached hydrogens (primary N) is 1. The van der Waals surface area contributed by atoms with Gasteiger partial charge in [-0.1, -0.05) is 0 Å². The summed E-state index contributed by atoms with van der Waals surface area (Å²) < 4.78 is 5.08. The normalized spacial score (nSPS) is 14.6. The highest BCUT2D eigenvalue weighted by atomic mass is 32.1. The van der Waals surface area contributed by atoms with Crippen LogP contribution in [0.2, 0.25) is 0 Å². The molecule has 3 N–H and O–H groups in total. The van der Waals surface area contributed by atoms with E-state index < -0.39 is 0 Å². The zero-order valence-corrected chi connectivity index (χ0v) is 11.8. The van der Waals surface area contributed by atoms with E-state index in [4.69, 9.17) is 10.6 Å². The standard InChI is InChI=1S/C13H18N4OS/c1-18-7-6-10-15-12(17-14)11-8-4-2-3-5-9(8)19-13(11)16-10/h2-7,14H2,1H3,(H,15,16,17). The van der Waals surface area contributed by atoms with Gasteiger partial charge in [0.05, 0.1) is 12.0 Å². The van der Waals surface area contributed by atoms with Crippen LogP contribution in [0.5, 0.6) is 0 Å². The molecule has 1 aliphatic carbocycles. The monoisotopic (exact) mass is 278 g/mol. The molecule has 0 fully saturated rings. The highest BCUT2D eigenvalue weighted by molar-refractivity contribution is 7.19. The van der Waals surface area contributed by atoms with Gasteiger partial charge in [-0.05, 0) is 31.2 Å². The van der Waals surface area contributed by atoms with E-state index in [0.717, 1.165) is 34.7 Å². The van der Waals surface area contributed by atoms with Crippen LogP contribution in [0.1, 0.15) is 29.1 Å². The summed E-state index contributed by atoms with van der Waals surface area (Å²) in [6.45, 7) is 0.626. The lowest BCUT2D eigenvalue weighted by molar-refractivity contribution is 0.200. The van der Waals surface area contributed by atoms with Crippen LogP contribution in [0, 0.1) is 0 Å². The molecule has 0 saturated carbocycles. The van der Waals surface area contributed by atoms with Gasteiger partial charge in [0.1, 0.15) is 10.7 Å². The summed E-state index contributed by atoms with van der Waals surface area (Å²) in [5, 5.41) is 1.13. The number of hydrogen-bond acceptors (Lipinski definition) is 6. The van der Waals surface area contributed by atoms with E-state index in [-0.39, 0.29) is 0 Å². The Kier molecular flexibility index (Phi) is 3.63. The van der Waals surface area contributed by atoms with Gasteiger partial charge in [-0.25, -0.2) is 15.8 Å². The van der Waals surface area contributed by atoms with Gasteiger partial charge in [0.15, 0.2) is 5.82 Å². The fourth-order valence-corrected chi connectivity index (χ4v) is 3.89. The molecule has 0 saturated heterocycles. The van der Waals surface area contributed by atoms with Crippen LogP contribution in [0.4, 0.5) is 5.82 Å². The maximum atomic E-state index is 5.64. The van der Waals surface area contributed by atoms with Crippen LogP contribution < -0.4 is 11.3 Å². The Hall–Kier alpha value is -1.24. The molecule has 0 radical (unpaired) electrons. The molecule has 2 heterocycles. The minimum Gasteiger partial charge on any atom is -0.384 e. The van der Waals surface area contributed by atoms with Crippen molar-refractivity contribution < 1.29 is 4.74 Å². The zero-order valence-electron chi connectivity index (χ0n) is 11.0. The molecule has 19 heavy (non-hydrogen) atoms. The molecular formula is C13H18N4OS. The number of hydrazine groups is 1. The van der Waals surface area contributed by atoms with Crippen molar-refractivity contribution in [3.63, 3.8) is 0 Å². The third-order valence-electron chi connectivity index (χ3n) is 3.53. The molecule has 2 aromatic rings. The second-order valence-corrected chi connectivity index (χ2v) is 5.85. The van der Waals surface area contributed by atoms with E-state index in [0.29, 0.717) is 13.0 Å². The molecular weight excluding hydrogens is 260 g/mol. The molecule has 0 unspecified atom stereocenters. The van der Waals surface area contributed by atoms with Gasteiger partial charge in [-0.3, -0.25) is 0 Å². The van der Waals surface area contributed by atoms with Crippen molar-refractivity contribution in [1.82, 2.24) is 9.97 Å². The highest BCUT2D eigenvalue weighted by Gasteiger charge is 2.20. The van der Waals surface area contributed by atoms with E-state index in [1.54, 1.807) is 18.4 Å². The zero-order chi connectivity index (χ0) is 13.2. The van der Waals surface area contributed by atoms with Crippen molar-refractivity contribution in [1.29, 1.82) is 0 Å². The molecule has 2 aromatic heterocycles. The Morgan fingerprint density at radius 1 is 1.32 bits per heavy atom. The van der Waals surface area contributed by atoms with Crippen LogP contribution in [-0.4, -0.2) is 23.7 Å². The van der Waals surface area contributed by atoms with Gasteiger partial charge < -0.3 is 10.2 Å². The number of fused-ring (bicyclic) bond motifs is 3. The van der Waals surface area contributed by atoms with Crippen molar-refractivity contribution in [3.8, 4) is 0 Å². The molecule has 3 rings (SSSR count).